The standard InChI is InChI=1S/C22H17FN6O2S/c23-18-7-14(28-9-20(31-21(28)30)29-6-5-26-27-29)2-3-15(18)13-1-4-19(25-8-13)22(12-24)16-10-32-11-17(16)22/h1-8,16-17,20H,9-11H2/t16-,17+,20?,22?. The molecule has 0 bridgehead atoms. The molecular formula is C22H17FN6O2S. The zero-order valence-corrected chi connectivity index (χ0v) is 17.6. The molecule has 4 heterocycles. The summed E-state index contributed by atoms with van der Waals surface area (Å²) < 4.78 is 21.7. The predicted molar refractivity (Wildman–Crippen MR) is 114 cm³/mol. The van der Waals surface area contributed by atoms with E-state index in [0.29, 0.717) is 28.7 Å². The zero-order valence-electron chi connectivity index (χ0n) is 16.8. The number of fused-ring (bicyclic) bond motifs is 1. The molecular weight excluding hydrogens is 431 g/mol. The number of halogens is 1. The number of hydrogen-bond donors (Lipinski definition) is 0. The summed E-state index contributed by atoms with van der Waals surface area (Å²) in [6.07, 6.45) is 3.54. The van der Waals surface area contributed by atoms with E-state index in [1.54, 1.807) is 24.5 Å². The van der Waals surface area contributed by atoms with Crippen LogP contribution in [0, 0.1) is 29.0 Å². The molecule has 10 heteroatoms. The topological polar surface area (TPSA) is 96.9 Å². The van der Waals surface area contributed by atoms with Gasteiger partial charge in [0.2, 0.25) is 6.23 Å². The molecule has 2 unspecified atom stereocenters. The van der Waals surface area contributed by atoms with Gasteiger partial charge in [0.05, 0.1) is 30.2 Å². The van der Waals surface area contributed by atoms with Gasteiger partial charge in [-0.3, -0.25) is 9.88 Å². The maximum absolute atomic E-state index is 15.0. The largest absolute Gasteiger partial charge is 0.421 e. The fraction of sp³-hybridized carbons (Fsp3) is 0.318. The third-order valence-electron chi connectivity index (χ3n) is 6.62. The van der Waals surface area contributed by atoms with Gasteiger partial charge in [0.15, 0.2) is 0 Å². The first-order valence-corrected chi connectivity index (χ1v) is 11.4. The van der Waals surface area contributed by atoms with Crippen molar-refractivity contribution in [1.29, 1.82) is 5.26 Å². The van der Waals surface area contributed by atoms with Crippen LogP contribution in [0.1, 0.15) is 11.9 Å². The Morgan fingerprint density at radius 3 is 2.75 bits per heavy atom. The average molecular weight is 448 g/mol. The van der Waals surface area contributed by atoms with Crippen LogP contribution in [-0.2, 0) is 10.2 Å². The van der Waals surface area contributed by atoms with E-state index >= 15 is 0 Å². The Morgan fingerprint density at radius 1 is 1.25 bits per heavy atom. The lowest BCUT2D eigenvalue weighted by molar-refractivity contribution is 0.0922. The number of thioether (sulfide) groups is 1. The quantitative estimate of drug-likeness (QED) is 0.603. The minimum atomic E-state index is -0.614. The highest BCUT2D eigenvalue weighted by Gasteiger charge is 2.69. The van der Waals surface area contributed by atoms with Crippen LogP contribution in [0.15, 0.2) is 48.9 Å². The Kier molecular flexibility index (Phi) is 4.23. The van der Waals surface area contributed by atoms with Crippen molar-refractivity contribution in [3.8, 4) is 17.2 Å². The molecule has 6 rings (SSSR count). The molecule has 1 saturated carbocycles. The maximum atomic E-state index is 15.0. The molecule has 4 atom stereocenters. The Hall–Kier alpha value is -3.45. The fourth-order valence-electron chi connectivity index (χ4n) is 4.83. The van der Waals surface area contributed by atoms with Crippen molar-refractivity contribution < 1.29 is 13.9 Å². The van der Waals surface area contributed by atoms with Crippen molar-refractivity contribution in [2.45, 2.75) is 11.6 Å². The smallest absolute Gasteiger partial charge is 0.416 e. The molecule has 2 aliphatic heterocycles. The molecule has 2 saturated heterocycles. The molecule has 3 aliphatic rings. The molecule has 1 aromatic carbocycles. The lowest BCUT2D eigenvalue weighted by Crippen LogP contribution is -2.24. The molecule has 32 heavy (non-hydrogen) atoms. The molecule has 2 aromatic heterocycles. The van der Waals surface area contributed by atoms with E-state index < -0.39 is 23.6 Å². The zero-order chi connectivity index (χ0) is 21.9. The van der Waals surface area contributed by atoms with Gasteiger partial charge in [-0.2, -0.15) is 17.0 Å². The molecule has 160 valence electrons. The molecule has 3 fully saturated rings. The summed E-state index contributed by atoms with van der Waals surface area (Å²) in [6, 6.07) is 10.8. The van der Waals surface area contributed by atoms with Crippen LogP contribution < -0.4 is 4.90 Å². The van der Waals surface area contributed by atoms with Crippen molar-refractivity contribution in [3.63, 3.8) is 0 Å². The van der Waals surface area contributed by atoms with Crippen molar-refractivity contribution >= 4 is 23.5 Å². The monoisotopic (exact) mass is 448 g/mol. The Bertz CT molecular complexity index is 1230. The third-order valence-corrected chi connectivity index (χ3v) is 7.81. The molecule has 3 aromatic rings. The minimum absolute atomic E-state index is 0.202. The molecule has 1 aliphatic carbocycles. The van der Waals surface area contributed by atoms with Crippen LogP contribution >= 0.6 is 11.8 Å². The van der Waals surface area contributed by atoms with E-state index in [9.17, 15) is 14.4 Å². The molecule has 8 nitrogen and oxygen atoms in total. The number of pyridine rings is 1. The van der Waals surface area contributed by atoms with Crippen LogP contribution in [0.2, 0.25) is 0 Å². The fourth-order valence-corrected chi connectivity index (χ4v) is 6.46. The van der Waals surface area contributed by atoms with Gasteiger partial charge in [-0.15, -0.1) is 5.10 Å². The Balaban J connectivity index is 1.23. The first kappa shape index (κ1) is 19.3. The number of hydrogen-bond acceptors (Lipinski definition) is 7. The summed E-state index contributed by atoms with van der Waals surface area (Å²) in [5.41, 5.74) is 1.69. The van der Waals surface area contributed by atoms with Crippen LogP contribution in [0.3, 0.4) is 0 Å². The Labute approximate surface area is 187 Å². The van der Waals surface area contributed by atoms with E-state index in [1.807, 2.05) is 23.9 Å². The van der Waals surface area contributed by atoms with Crippen LogP contribution in [0.25, 0.3) is 11.1 Å². The van der Waals surface area contributed by atoms with Gasteiger partial charge in [-0.1, -0.05) is 11.3 Å². The summed E-state index contributed by atoms with van der Waals surface area (Å²) in [7, 11) is 0. The number of benzene rings is 1. The number of carbonyl (C=O) groups is 1. The number of anilines is 1. The number of nitrogens with zero attached hydrogens (tertiary/aromatic N) is 6. The number of carbonyl (C=O) groups excluding carboxylic acids is 1. The normalized spacial score (nSPS) is 28.3. The van der Waals surface area contributed by atoms with Crippen molar-refractivity contribution in [2.24, 2.45) is 11.8 Å². The van der Waals surface area contributed by atoms with Gasteiger partial charge < -0.3 is 4.74 Å². The van der Waals surface area contributed by atoms with Gasteiger partial charge in [0.25, 0.3) is 0 Å². The van der Waals surface area contributed by atoms with Crippen LogP contribution in [-0.4, -0.2) is 44.1 Å². The minimum Gasteiger partial charge on any atom is -0.421 e. The van der Waals surface area contributed by atoms with E-state index in [-0.39, 0.29) is 6.54 Å². The Morgan fingerprint density at radius 2 is 2.09 bits per heavy atom. The van der Waals surface area contributed by atoms with Crippen LogP contribution in [0.4, 0.5) is 14.9 Å². The second-order valence-electron chi connectivity index (χ2n) is 8.16. The summed E-state index contributed by atoms with van der Waals surface area (Å²) in [5, 5.41) is 17.3. The number of ether oxygens (including phenoxy) is 1. The third kappa shape index (κ3) is 2.74. The summed E-state index contributed by atoms with van der Waals surface area (Å²) in [4.78, 5) is 18.2. The predicted octanol–water partition coefficient (Wildman–Crippen LogP) is 3.39. The highest BCUT2D eigenvalue weighted by molar-refractivity contribution is 7.99. The lowest BCUT2D eigenvalue weighted by atomic mass is 9.97. The highest BCUT2D eigenvalue weighted by Crippen LogP contribution is 2.65. The van der Waals surface area contributed by atoms with Crippen LogP contribution in [0.5, 0.6) is 0 Å². The van der Waals surface area contributed by atoms with Crippen molar-refractivity contribution in [1.82, 2.24) is 20.0 Å². The lowest BCUT2D eigenvalue weighted by Gasteiger charge is -2.15. The summed E-state index contributed by atoms with van der Waals surface area (Å²) >= 11 is 1.88. The molecule has 1 amide bonds. The van der Waals surface area contributed by atoms with E-state index in [0.717, 1.165) is 17.2 Å². The summed E-state index contributed by atoms with van der Waals surface area (Å²) in [5.74, 6) is 2.26. The maximum Gasteiger partial charge on any atom is 0.416 e. The van der Waals surface area contributed by atoms with Gasteiger partial charge in [-0.25, -0.2) is 13.9 Å². The van der Waals surface area contributed by atoms with Gasteiger partial charge in [-0.05, 0) is 47.6 Å². The number of rotatable bonds is 4. The van der Waals surface area contributed by atoms with Gasteiger partial charge >= 0.3 is 6.09 Å². The van der Waals surface area contributed by atoms with Gasteiger partial charge in [0, 0.05) is 23.5 Å². The number of aromatic nitrogens is 4. The molecule has 0 radical (unpaired) electrons. The second kappa shape index (κ2) is 7.03. The SMILES string of the molecule is N#CC1(c2ccc(-c3ccc(N4CC(n5ccnn5)OC4=O)cc3F)cn2)[C@@H]2CSC[C@@H]21. The van der Waals surface area contributed by atoms with Crippen molar-refractivity contribution in [3.05, 3.63) is 60.4 Å². The van der Waals surface area contributed by atoms with E-state index in [1.165, 1.54) is 21.8 Å². The number of cyclic esters (lactones) is 1. The number of nitriles is 1. The number of amides is 1. The summed E-state index contributed by atoms with van der Waals surface area (Å²) in [6.45, 7) is 0.202. The van der Waals surface area contributed by atoms with E-state index in [4.69, 9.17) is 4.74 Å². The highest BCUT2D eigenvalue weighted by atomic mass is 32.2. The average Bonchev–Trinajstić information content (AvgIpc) is 3.36. The first-order valence-electron chi connectivity index (χ1n) is 10.2. The van der Waals surface area contributed by atoms with E-state index in [2.05, 4.69) is 21.4 Å². The van der Waals surface area contributed by atoms with Crippen molar-refractivity contribution in [2.75, 3.05) is 23.0 Å². The van der Waals surface area contributed by atoms with Gasteiger partial charge in [0.1, 0.15) is 11.2 Å². The second-order valence-corrected chi connectivity index (χ2v) is 9.23. The first-order chi connectivity index (χ1) is 15.6. The molecule has 0 N–H and O–H groups in total. The molecule has 0 spiro atoms.